The van der Waals surface area contributed by atoms with E-state index in [1.807, 2.05) is 42.5 Å². The summed E-state index contributed by atoms with van der Waals surface area (Å²) in [5.74, 6) is 0.442. The predicted octanol–water partition coefficient (Wildman–Crippen LogP) is 1.75. The third-order valence-corrected chi connectivity index (χ3v) is 3.44. The summed E-state index contributed by atoms with van der Waals surface area (Å²) in [5, 5.41) is 13.8. The minimum Gasteiger partial charge on any atom is -0.481 e. The summed E-state index contributed by atoms with van der Waals surface area (Å²) in [5.41, 5.74) is 1.86. The minimum absolute atomic E-state index is 0.164. The Morgan fingerprint density at radius 2 is 1.92 bits per heavy atom. The molecule has 3 aromatic rings. The predicted molar refractivity (Wildman–Crippen MR) is 87.5 cm³/mol. The number of carbonyl (C=O) groups excluding carboxylic acids is 1. The van der Waals surface area contributed by atoms with E-state index >= 15 is 0 Å². The van der Waals surface area contributed by atoms with Crippen molar-refractivity contribution in [1.29, 1.82) is 0 Å². The fourth-order valence-electron chi connectivity index (χ4n) is 2.14. The van der Waals surface area contributed by atoms with Crippen LogP contribution < -0.4 is 10.1 Å². The highest BCUT2D eigenvalue weighted by Gasteiger charge is 2.14. The lowest BCUT2D eigenvalue weighted by Gasteiger charge is -2.15. The van der Waals surface area contributed by atoms with E-state index in [4.69, 9.17) is 4.74 Å². The quantitative estimate of drug-likeness (QED) is 0.747. The zero-order valence-electron chi connectivity index (χ0n) is 13.2. The molecule has 0 aliphatic carbocycles. The number of hydrogen-bond acceptors (Lipinski definition) is 5. The van der Waals surface area contributed by atoms with Gasteiger partial charge in [0, 0.05) is 6.54 Å². The summed E-state index contributed by atoms with van der Waals surface area (Å²) in [6, 6.07) is 16.9. The molecule has 122 valence electrons. The molecule has 1 heterocycles. The molecule has 1 unspecified atom stereocenters. The number of aromatic nitrogens is 4. The second-order valence-electron chi connectivity index (χ2n) is 5.21. The van der Waals surface area contributed by atoms with Gasteiger partial charge >= 0.3 is 0 Å². The topological polar surface area (TPSA) is 81.9 Å². The van der Waals surface area contributed by atoms with Crippen LogP contribution in [0, 0.1) is 0 Å². The van der Waals surface area contributed by atoms with Gasteiger partial charge in [-0.05, 0) is 47.2 Å². The molecule has 0 fully saturated rings. The molecule has 7 nitrogen and oxygen atoms in total. The fourth-order valence-corrected chi connectivity index (χ4v) is 2.14. The summed E-state index contributed by atoms with van der Waals surface area (Å²) >= 11 is 0. The molecule has 0 aliphatic heterocycles. The van der Waals surface area contributed by atoms with Crippen LogP contribution in [0.4, 0.5) is 0 Å². The van der Waals surface area contributed by atoms with Gasteiger partial charge in [-0.2, -0.15) is 0 Å². The minimum atomic E-state index is -0.590. The summed E-state index contributed by atoms with van der Waals surface area (Å²) in [6.45, 7) is 2.20. The van der Waals surface area contributed by atoms with Gasteiger partial charge in [-0.25, -0.2) is 4.68 Å². The van der Waals surface area contributed by atoms with Gasteiger partial charge in [-0.3, -0.25) is 4.79 Å². The Morgan fingerprint density at radius 3 is 2.58 bits per heavy atom. The van der Waals surface area contributed by atoms with Crippen molar-refractivity contribution < 1.29 is 9.53 Å². The van der Waals surface area contributed by atoms with E-state index in [2.05, 4.69) is 20.8 Å². The molecule has 0 aliphatic rings. The fraction of sp³-hybridized carbons (Fsp3) is 0.176. The lowest BCUT2D eigenvalue weighted by Crippen LogP contribution is -2.35. The maximum atomic E-state index is 12.1. The number of amides is 1. The van der Waals surface area contributed by atoms with Crippen LogP contribution in [0.15, 0.2) is 60.9 Å². The molecule has 24 heavy (non-hydrogen) atoms. The first-order chi connectivity index (χ1) is 11.7. The van der Waals surface area contributed by atoms with Gasteiger partial charge in [0.15, 0.2) is 6.10 Å². The first-order valence-electron chi connectivity index (χ1n) is 7.54. The van der Waals surface area contributed by atoms with E-state index in [1.165, 1.54) is 6.33 Å². The van der Waals surface area contributed by atoms with Crippen LogP contribution in [0.25, 0.3) is 5.69 Å². The number of ether oxygens (including phenoxy) is 1. The lowest BCUT2D eigenvalue weighted by atomic mass is 10.2. The van der Waals surface area contributed by atoms with E-state index in [0.717, 1.165) is 11.3 Å². The molecule has 0 saturated heterocycles. The molecule has 1 N–H and O–H groups in total. The van der Waals surface area contributed by atoms with Crippen molar-refractivity contribution in [2.45, 2.75) is 19.6 Å². The monoisotopic (exact) mass is 323 g/mol. The maximum Gasteiger partial charge on any atom is 0.261 e. The van der Waals surface area contributed by atoms with E-state index in [1.54, 1.807) is 23.7 Å². The SMILES string of the molecule is CC(Oc1ccc(-n2cnnn2)cc1)C(=O)NCc1ccccc1. The third-order valence-electron chi connectivity index (χ3n) is 3.44. The summed E-state index contributed by atoms with van der Waals surface area (Å²) in [4.78, 5) is 12.1. The van der Waals surface area contributed by atoms with Gasteiger partial charge in [-0.15, -0.1) is 5.10 Å². The standard InChI is InChI=1S/C17H17N5O2/c1-13(17(23)18-11-14-5-3-2-4-6-14)24-16-9-7-15(8-10-16)22-12-19-20-21-22/h2-10,12-13H,11H2,1H3,(H,18,23). The molecular formula is C17H17N5O2. The Kier molecular flexibility index (Phi) is 4.81. The van der Waals surface area contributed by atoms with E-state index in [0.29, 0.717) is 12.3 Å². The summed E-state index contributed by atoms with van der Waals surface area (Å²) < 4.78 is 7.21. The molecule has 1 atom stereocenters. The second-order valence-corrected chi connectivity index (χ2v) is 5.21. The molecule has 0 spiro atoms. The molecular weight excluding hydrogens is 306 g/mol. The highest BCUT2D eigenvalue weighted by Crippen LogP contribution is 2.15. The number of nitrogens with zero attached hydrogens (tertiary/aromatic N) is 4. The van der Waals surface area contributed by atoms with Gasteiger partial charge in [0.1, 0.15) is 12.1 Å². The first-order valence-corrected chi connectivity index (χ1v) is 7.54. The molecule has 7 heteroatoms. The van der Waals surface area contributed by atoms with Crippen molar-refractivity contribution >= 4 is 5.91 Å². The third kappa shape index (κ3) is 3.95. The molecule has 1 aromatic heterocycles. The lowest BCUT2D eigenvalue weighted by molar-refractivity contribution is -0.127. The molecule has 2 aromatic carbocycles. The number of hydrogen-bond donors (Lipinski definition) is 1. The molecule has 0 radical (unpaired) electrons. The first kappa shape index (κ1) is 15.7. The summed E-state index contributed by atoms with van der Waals surface area (Å²) in [7, 11) is 0. The Hall–Kier alpha value is -3.22. The van der Waals surface area contributed by atoms with Gasteiger partial charge < -0.3 is 10.1 Å². The summed E-state index contributed by atoms with van der Waals surface area (Å²) in [6.07, 6.45) is 0.919. The largest absolute Gasteiger partial charge is 0.481 e. The molecule has 3 rings (SSSR count). The zero-order chi connectivity index (χ0) is 16.8. The van der Waals surface area contributed by atoms with E-state index in [9.17, 15) is 4.79 Å². The van der Waals surface area contributed by atoms with Crippen molar-refractivity contribution in [2.75, 3.05) is 0 Å². The normalized spacial score (nSPS) is 11.7. The van der Waals surface area contributed by atoms with E-state index < -0.39 is 6.10 Å². The number of nitrogens with one attached hydrogen (secondary N) is 1. The van der Waals surface area contributed by atoms with Crippen LogP contribution >= 0.6 is 0 Å². The van der Waals surface area contributed by atoms with Crippen LogP contribution in [0.1, 0.15) is 12.5 Å². The van der Waals surface area contributed by atoms with Gasteiger partial charge in [0.05, 0.1) is 5.69 Å². The van der Waals surface area contributed by atoms with E-state index in [-0.39, 0.29) is 5.91 Å². The van der Waals surface area contributed by atoms with Crippen LogP contribution in [0.3, 0.4) is 0 Å². The van der Waals surface area contributed by atoms with Crippen molar-refractivity contribution in [2.24, 2.45) is 0 Å². The van der Waals surface area contributed by atoms with Crippen LogP contribution in [0.5, 0.6) is 5.75 Å². The Morgan fingerprint density at radius 1 is 1.17 bits per heavy atom. The highest BCUT2D eigenvalue weighted by atomic mass is 16.5. The average Bonchev–Trinajstić information content (AvgIpc) is 3.16. The average molecular weight is 323 g/mol. The molecule has 1 amide bonds. The Bertz CT molecular complexity index is 773. The van der Waals surface area contributed by atoms with Crippen LogP contribution in [-0.4, -0.2) is 32.2 Å². The number of benzene rings is 2. The number of rotatable bonds is 6. The van der Waals surface area contributed by atoms with Gasteiger partial charge in [-0.1, -0.05) is 30.3 Å². The van der Waals surface area contributed by atoms with Crippen LogP contribution in [0.2, 0.25) is 0 Å². The molecule has 0 bridgehead atoms. The van der Waals surface area contributed by atoms with Gasteiger partial charge in [0.25, 0.3) is 5.91 Å². The number of carbonyl (C=O) groups is 1. The Labute approximate surface area is 139 Å². The smallest absolute Gasteiger partial charge is 0.261 e. The van der Waals surface area contributed by atoms with Crippen LogP contribution in [-0.2, 0) is 11.3 Å². The van der Waals surface area contributed by atoms with Crippen molar-refractivity contribution in [1.82, 2.24) is 25.5 Å². The maximum absolute atomic E-state index is 12.1. The highest BCUT2D eigenvalue weighted by molar-refractivity contribution is 5.80. The second kappa shape index (κ2) is 7.36. The van der Waals surface area contributed by atoms with Crippen molar-refractivity contribution in [3.05, 3.63) is 66.5 Å². The molecule has 0 saturated carbocycles. The van der Waals surface area contributed by atoms with Crippen molar-refractivity contribution in [3.8, 4) is 11.4 Å². The van der Waals surface area contributed by atoms with Crippen molar-refractivity contribution in [3.63, 3.8) is 0 Å². The Balaban J connectivity index is 1.54. The van der Waals surface area contributed by atoms with Gasteiger partial charge in [0.2, 0.25) is 0 Å². The number of tetrazole rings is 1. The zero-order valence-corrected chi connectivity index (χ0v) is 13.2.